The molecular weight excluding hydrogens is 272 g/mol. The van der Waals surface area contributed by atoms with E-state index in [2.05, 4.69) is 12.6 Å². The minimum Gasteiger partial charge on any atom is -0.339 e. The first-order valence-electron chi connectivity index (χ1n) is 6.98. The molecule has 5 heteroatoms. The van der Waals surface area contributed by atoms with Crippen LogP contribution in [0.2, 0.25) is 0 Å². The summed E-state index contributed by atoms with van der Waals surface area (Å²) in [6.45, 7) is 4.44. The molecule has 1 aliphatic heterocycles. The van der Waals surface area contributed by atoms with Crippen molar-refractivity contribution in [2.75, 3.05) is 26.2 Å². The molecule has 0 aliphatic carbocycles. The van der Waals surface area contributed by atoms with Gasteiger partial charge in [0, 0.05) is 37.5 Å². The molecule has 4 nitrogen and oxygen atoms in total. The molecule has 20 heavy (non-hydrogen) atoms. The average molecular weight is 292 g/mol. The molecule has 1 heterocycles. The summed E-state index contributed by atoms with van der Waals surface area (Å²) < 4.78 is 0. The highest BCUT2D eigenvalue weighted by Gasteiger charge is 2.24. The second-order valence-corrected chi connectivity index (χ2v) is 5.42. The van der Waals surface area contributed by atoms with E-state index in [0.29, 0.717) is 43.1 Å². The first-order chi connectivity index (χ1) is 9.63. The Bertz CT molecular complexity index is 496. The lowest BCUT2D eigenvalue weighted by molar-refractivity contribution is -0.132. The molecule has 1 aromatic rings. The number of piperazine rings is 1. The van der Waals surface area contributed by atoms with E-state index >= 15 is 0 Å². The van der Waals surface area contributed by atoms with Crippen LogP contribution < -0.4 is 0 Å². The molecular formula is C15H20N2O2S. The third kappa shape index (κ3) is 3.33. The van der Waals surface area contributed by atoms with Crippen LogP contribution in [0.4, 0.5) is 0 Å². The van der Waals surface area contributed by atoms with Crippen LogP contribution in [-0.4, -0.2) is 47.8 Å². The van der Waals surface area contributed by atoms with Gasteiger partial charge in [0.05, 0.1) is 5.56 Å². The van der Waals surface area contributed by atoms with E-state index in [0.717, 1.165) is 6.42 Å². The van der Waals surface area contributed by atoms with Crippen LogP contribution in [0.25, 0.3) is 0 Å². The molecule has 0 unspecified atom stereocenters. The molecule has 108 valence electrons. The number of hydrogen-bond donors (Lipinski definition) is 1. The standard InChI is InChI=1S/C15H20N2O2S/c1-2-5-14(18)16-8-10-17(11-9-16)15(19)12-6-3-4-7-13(12)20/h3-4,6-7,20H,2,5,8-11H2,1H3. The van der Waals surface area contributed by atoms with Gasteiger partial charge >= 0.3 is 0 Å². The second-order valence-electron chi connectivity index (χ2n) is 4.94. The maximum absolute atomic E-state index is 12.4. The Morgan fingerprint density at radius 1 is 1.10 bits per heavy atom. The zero-order valence-corrected chi connectivity index (χ0v) is 12.6. The van der Waals surface area contributed by atoms with Crippen molar-refractivity contribution < 1.29 is 9.59 Å². The van der Waals surface area contributed by atoms with E-state index in [1.165, 1.54) is 0 Å². The summed E-state index contributed by atoms with van der Waals surface area (Å²) >= 11 is 4.32. The third-order valence-electron chi connectivity index (χ3n) is 3.52. The van der Waals surface area contributed by atoms with Crippen LogP contribution in [0.1, 0.15) is 30.1 Å². The zero-order valence-electron chi connectivity index (χ0n) is 11.7. The van der Waals surface area contributed by atoms with Gasteiger partial charge in [-0.2, -0.15) is 0 Å². The van der Waals surface area contributed by atoms with Crippen LogP contribution in [0.3, 0.4) is 0 Å². The van der Waals surface area contributed by atoms with Crippen molar-refractivity contribution in [2.45, 2.75) is 24.7 Å². The predicted molar refractivity (Wildman–Crippen MR) is 81.1 cm³/mol. The highest BCUT2D eigenvalue weighted by molar-refractivity contribution is 7.80. The maximum Gasteiger partial charge on any atom is 0.255 e. The topological polar surface area (TPSA) is 40.6 Å². The number of nitrogens with zero attached hydrogens (tertiary/aromatic N) is 2. The fourth-order valence-corrected chi connectivity index (χ4v) is 2.61. The maximum atomic E-state index is 12.4. The molecule has 0 N–H and O–H groups in total. The first-order valence-corrected chi connectivity index (χ1v) is 7.43. The molecule has 0 bridgehead atoms. The Balaban J connectivity index is 1.96. The molecule has 1 saturated heterocycles. The SMILES string of the molecule is CCCC(=O)N1CCN(C(=O)c2ccccc2S)CC1. The molecule has 1 aromatic carbocycles. The molecule has 0 saturated carbocycles. The summed E-state index contributed by atoms with van der Waals surface area (Å²) in [7, 11) is 0. The summed E-state index contributed by atoms with van der Waals surface area (Å²) in [6, 6.07) is 7.31. The van der Waals surface area contributed by atoms with Gasteiger partial charge in [-0.25, -0.2) is 0 Å². The van der Waals surface area contributed by atoms with Crippen molar-refractivity contribution in [3.63, 3.8) is 0 Å². The van der Waals surface area contributed by atoms with Gasteiger partial charge in [0.25, 0.3) is 5.91 Å². The molecule has 1 aliphatic rings. The summed E-state index contributed by atoms with van der Waals surface area (Å²) in [5, 5.41) is 0. The Kier molecular flexibility index (Phi) is 5.06. The lowest BCUT2D eigenvalue weighted by Gasteiger charge is -2.35. The van der Waals surface area contributed by atoms with Crippen molar-refractivity contribution in [1.82, 2.24) is 9.80 Å². The lowest BCUT2D eigenvalue weighted by atomic mass is 10.1. The van der Waals surface area contributed by atoms with Gasteiger partial charge in [-0.15, -0.1) is 12.6 Å². The van der Waals surface area contributed by atoms with E-state index in [1.807, 2.05) is 30.0 Å². The number of carbonyl (C=O) groups excluding carboxylic acids is 2. The van der Waals surface area contributed by atoms with Crippen molar-refractivity contribution in [3.8, 4) is 0 Å². The Hall–Kier alpha value is -1.49. The number of carbonyl (C=O) groups is 2. The van der Waals surface area contributed by atoms with Gasteiger partial charge in [0.2, 0.25) is 5.91 Å². The quantitative estimate of drug-likeness (QED) is 0.866. The van der Waals surface area contributed by atoms with E-state index in [9.17, 15) is 9.59 Å². The third-order valence-corrected chi connectivity index (χ3v) is 3.91. The minimum absolute atomic E-state index is 0.00168. The van der Waals surface area contributed by atoms with Gasteiger partial charge in [-0.3, -0.25) is 9.59 Å². The van der Waals surface area contributed by atoms with Crippen LogP contribution in [0.15, 0.2) is 29.2 Å². The number of amides is 2. The normalized spacial score (nSPS) is 15.3. The number of benzene rings is 1. The monoisotopic (exact) mass is 292 g/mol. The van der Waals surface area contributed by atoms with Gasteiger partial charge in [-0.1, -0.05) is 19.1 Å². The Morgan fingerprint density at radius 2 is 1.70 bits per heavy atom. The molecule has 0 radical (unpaired) electrons. The number of rotatable bonds is 3. The summed E-state index contributed by atoms with van der Waals surface area (Å²) in [6.07, 6.45) is 1.46. The van der Waals surface area contributed by atoms with E-state index in [4.69, 9.17) is 0 Å². The van der Waals surface area contributed by atoms with Crippen molar-refractivity contribution in [1.29, 1.82) is 0 Å². The van der Waals surface area contributed by atoms with Crippen molar-refractivity contribution in [3.05, 3.63) is 29.8 Å². The van der Waals surface area contributed by atoms with Gasteiger partial charge in [-0.05, 0) is 18.6 Å². The Morgan fingerprint density at radius 3 is 2.30 bits per heavy atom. The van der Waals surface area contributed by atoms with Crippen molar-refractivity contribution >= 4 is 24.4 Å². The predicted octanol–water partition coefficient (Wildman–Crippen LogP) is 2.06. The van der Waals surface area contributed by atoms with E-state index in [-0.39, 0.29) is 11.8 Å². The smallest absolute Gasteiger partial charge is 0.255 e. The highest BCUT2D eigenvalue weighted by atomic mass is 32.1. The fraction of sp³-hybridized carbons (Fsp3) is 0.467. The van der Waals surface area contributed by atoms with Crippen LogP contribution in [0, 0.1) is 0 Å². The molecule has 1 fully saturated rings. The average Bonchev–Trinajstić information content (AvgIpc) is 2.47. The molecule has 2 rings (SSSR count). The number of thiol groups is 1. The number of hydrogen-bond acceptors (Lipinski definition) is 3. The largest absolute Gasteiger partial charge is 0.339 e. The summed E-state index contributed by atoms with van der Waals surface area (Å²) in [4.78, 5) is 28.5. The van der Waals surface area contributed by atoms with Crippen LogP contribution in [0.5, 0.6) is 0 Å². The van der Waals surface area contributed by atoms with Gasteiger partial charge in [0.15, 0.2) is 0 Å². The van der Waals surface area contributed by atoms with Gasteiger partial charge in [0.1, 0.15) is 0 Å². The molecule has 2 amide bonds. The second kappa shape index (κ2) is 6.79. The highest BCUT2D eigenvalue weighted by Crippen LogP contribution is 2.16. The van der Waals surface area contributed by atoms with E-state index in [1.54, 1.807) is 11.0 Å². The Labute approximate surface area is 125 Å². The summed E-state index contributed by atoms with van der Waals surface area (Å²) in [5.74, 6) is 0.187. The van der Waals surface area contributed by atoms with Crippen LogP contribution in [-0.2, 0) is 4.79 Å². The molecule has 0 spiro atoms. The summed E-state index contributed by atoms with van der Waals surface area (Å²) in [5.41, 5.74) is 0.629. The molecule has 0 atom stereocenters. The zero-order chi connectivity index (χ0) is 14.5. The first kappa shape index (κ1) is 14.9. The molecule has 0 aromatic heterocycles. The minimum atomic E-state index is -0.00168. The fourth-order valence-electron chi connectivity index (χ4n) is 2.36. The van der Waals surface area contributed by atoms with Crippen LogP contribution >= 0.6 is 12.6 Å². The van der Waals surface area contributed by atoms with Gasteiger partial charge < -0.3 is 9.80 Å². The lowest BCUT2D eigenvalue weighted by Crippen LogP contribution is -2.50. The van der Waals surface area contributed by atoms with Crippen molar-refractivity contribution in [2.24, 2.45) is 0 Å². The van der Waals surface area contributed by atoms with E-state index < -0.39 is 0 Å².